The lowest BCUT2D eigenvalue weighted by Crippen LogP contribution is -2.43. The van der Waals surface area contributed by atoms with E-state index in [2.05, 4.69) is 27.6 Å². The van der Waals surface area contributed by atoms with Crippen molar-refractivity contribution in [2.24, 2.45) is 11.5 Å². The van der Waals surface area contributed by atoms with E-state index in [0.29, 0.717) is 5.69 Å². The van der Waals surface area contributed by atoms with Crippen LogP contribution >= 0.6 is 0 Å². The molecule has 3 aromatic rings. The van der Waals surface area contributed by atoms with Crippen LogP contribution in [0.1, 0.15) is 55.1 Å². The fraction of sp³-hybridized carbons (Fsp3) is 0.458. The number of aromatic nitrogens is 3. The molecule has 0 unspecified atom stereocenters. The van der Waals surface area contributed by atoms with Crippen molar-refractivity contribution >= 4 is 34.1 Å². The van der Waals surface area contributed by atoms with Crippen molar-refractivity contribution in [2.75, 3.05) is 17.3 Å². The Balaban J connectivity index is 1.69. The molecule has 0 radical (unpaired) electrons. The number of carbonyl (C=O) groups excluding carboxylic acids is 1. The number of anilines is 3. The average molecular weight is 472 g/mol. The van der Waals surface area contributed by atoms with Gasteiger partial charge in [-0.05, 0) is 43.5 Å². The fourth-order valence-corrected chi connectivity index (χ4v) is 4.52. The summed E-state index contributed by atoms with van der Waals surface area (Å²) in [6.07, 6.45) is 5.38. The monoisotopic (exact) mass is 471 g/mol. The standard InChI is InChI=1S/C24H31F2N7O/c1-2-5-19-15-12-14(8-9-21(15)33(32-19)11-10-25)29-23-16(22(28)34)13-17(26)24(31-23)30-20-7-4-3-6-18(20)27/h8-9,12-13,18,20H,2-7,10-11,27H2,1H3,(H2,28,34)(H2,29,30,31)/t18-,20+/m0/s1. The number of carbonyl (C=O) groups is 1. The summed E-state index contributed by atoms with van der Waals surface area (Å²) in [7, 11) is 0. The summed E-state index contributed by atoms with van der Waals surface area (Å²) in [4.78, 5) is 16.4. The zero-order chi connectivity index (χ0) is 24.2. The van der Waals surface area contributed by atoms with Gasteiger partial charge in [0.15, 0.2) is 11.6 Å². The predicted octanol–water partition coefficient (Wildman–Crippen LogP) is 4.02. The molecule has 10 heteroatoms. The summed E-state index contributed by atoms with van der Waals surface area (Å²) in [5, 5.41) is 11.7. The number of benzene rings is 1. The van der Waals surface area contributed by atoms with E-state index in [1.807, 2.05) is 12.1 Å². The molecule has 0 spiro atoms. The molecular weight excluding hydrogens is 440 g/mol. The van der Waals surface area contributed by atoms with Crippen molar-refractivity contribution in [1.29, 1.82) is 0 Å². The number of amides is 1. The molecule has 8 nitrogen and oxygen atoms in total. The smallest absolute Gasteiger partial charge is 0.252 e. The van der Waals surface area contributed by atoms with Crippen LogP contribution in [-0.2, 0) is 13.0 Å². The average Bonchev–Trinajstić information content (AvgIpc) is 3.14. The second-order valence-corrected chi connectivity index (χ2v) is 8.74. The van der Waals surface area contributed by atoms with E-state index in [1.165, 1.54) is 0 Å². The highest BCUT2D eigenvalue weighted by Crippen LogP contribution is 2.29. The van der Waals surface area contributed by atoms with Crippen LogP contribution in [0, 0.1) is 5.82 Å². The van der Waals surface area contributed by atoms with Gasteiger partial charge in [0.2, 0.25) is 0 Å². The van der Waals surface area contributed by atoms with E-state index in [9.17, 15) is 13.6 Å². The minimum Gasteiger partial charge on any atom is -0.365 e. The molecular formula is C24H31F2N7O. The Labute approximate surface area is 197 Å². The number of aryl methyl sites for hydroxylation is 2. The van der Waals surface area contributed by atoms with E-state index in [4.69, 9.17) is 11.5 Å². The molecule has 1 aromatic carbocycles. The first-order valence-corrected chi connectivity index (χ1v) is 11.8. The van der Waals surface area contributed by atoms with Crippen LogP contribution in [0.25, 0.3) is 10.9 Å². The summed E-state index contributed by atoms with van der Waals surface area (Å²) in [5.74, 6) is -1.28. The summed E-state index contributed by atoms with van der Waals surface area (Å²) < 4.78 is 29.4. The molecule has 0 saturated heterocycles. The molecule has 4 rings (SSSR count). The van der Waals surface area contributed by atoms with Crippen molar-refractivity contribution in [3.05, 3.63) is 41.3 Å². The molecule has 0 bridgehead atoms. The summed E-state index contributed by atoms with van der Waals surface area (Å²) in [5.41, 5.74) is 14.0. The van der Waals surface area contributed by atoms with Crippen molar-refractivity contribution in [2.45, 2.75) is 64.1 Å². The van der Waals surface area contributed by atoms with E-state index in [0.717, 1.165) is 61.2 Å². The first-order valence-electron chi connectivity index (χ1n) is 11.8. The van der Waals surface area contributed by atoms with Crippen LogP contribution in [0.4, 0.5) is 26.1 Å². The third kappa shape index (κ3) is 4.96. The Morgan fingerprint density at radius 2 is 2.03 bits per heavy atom. The molecule has 1 fully saturated rings. The van der Waals surface area contributed by atoms with Gasteiger partial charge >= 0.3 is 0 Å². The highest BCUT2D eigenvalue weighted by Gasteiger charge is 2.24. The molecule has 182 valence electrons. The number of nitrogens with two attached hydrogens (primary N) is 2. The van der Waals surface area contributed by atoms with E-state index in [1.54, 1.807) is 10.7 Å². The number of primary amides is 1. The van der Waals surface area contributed by atoms with Gasteiger partial charge < -0.3 is 22.1 Å². The molecule has 1 amide bonds. The maximum Gasteiger partial charge on any atom is 0.252 e. The van der Waals surface area contributed by atoms with Gasteiger partial charge in [-0.3, -0.25) is 9.48 Å². The lowest BCUT2D eigenvalue weighted by molar-refractivity contribution is 0.100. The third-order valence-electron chi connectivity index (χ3n) is 6.26. The number of rotatable bonds is 9. The maximum atomic E-state index is 14.8. The lowest BCUT2D eigenvalue weighted by Gasteiger charge is -2.30. The van der Waals surface area contributed by atoms with Gasteiger partial charge in [-0.25, -0.2) is 13.8 Å². The predicted molar refractivity (Wildman–Crippen MR) is 130 cm³/mol. The molecule has 1 aliphatic rings. The number of alkyl halides is 1. The van der Waals surface area contributed by atoms with Crippen molar-refractivity contribution < 1.29 is 13.6 Å². The first kappa shape index (κ1) is 23.9. The Bertz CT molecular complexity index is 1180. The van der Waals surface area contributed by atoms with Crippen molar-refractivity contribution in [3.63, 3.8) is 0 Å². The van der Waals surface area contributed by atoms with Gasteiger partial charge in [0.05, 0.1) is 23.3 Å². The number of nitrogens with one attached hydrogen (secondary N) is 2. The number of fused-ring (bicyclic) bond motifs is 1. The summed E-state index contributed by atoms with van der Waals surface area (Å²) >= 11 is 0. The second-order valence-electron chi connectivity index (χ2n) is 8.74. The van der Waals surface area contributed by atoms with Crippen LogP contribution in [0.3, 0.4) is 0 Å². The Kier molecular flexibility index (Phi) is 7.26. The lowest BCUT2D eigenvalue weighted by atomic mass is 9.91. The van der Waals surface area contributed by atoms with Crippen LogP contribution in [0.15, 0.2) is 24.3 Å². The van der Waals surface area contributed by atoms with Gasteiger partial charge in [0, 0.05) is 23.2 Å². The van der Waals surface area contributed by atoms with Gasteiger partial charge in [0.25, 0.3) is 5.91 Å². The summed E-state index contributed by atoms with van der Waals surface area (Å²) in [6.45, 7) is 1.72. The molecule has 1 saturated carbocycles. The number of pyridine rings is 1. The van der Waals surface area contributed by atoms with Crippen LogP contribution in [0.2, 0.25) is 0 Å². The first-order chi connectivity index (χ1) is 16.4. The SMILES string of the molecule is CCCc1nn(CCF)c2ccc(Nc3nc(N[C@@H]4CCCC[C@@H]4N)c(F)cc3C(N)=O)cc12. The summed E-state index contributed by atoms with van der Waals surface area (Å²) in [6, 6.07) is 6.40. The topological polar surface area (TPSA) is 124 Å². The normalized spacial score (nSPS) is 18.2. The van der Waals surface area contributed by atoms with Crippen LogP contribution in [0.5, 0.6) is 0 Å². The number of hydrogen-bond donors (Lipinski definition) is 4. The number of nitrogens with zero attached hydrogens (tertiary/aromatic N) is 3. The van der Waals surface area contributed by atoms with Gasteiger partial charge in [0.1, 0.15) is 12.5 Å². The number of hydrogen-bond acceptors (Lipinski definition) is 6. The fourth-order valence-electron chi connectivity index (χ4n) is 4.52. The van der Waals surface area contributed by atoms with Crippen LogP contribution in [-0.4, -0.2) is 39.4 Å². The highest BCUT2D eigenvalue weighted by atomic mass is 19.1. The molecule has 2 heterocycles. The zero-order valence-electron chi connectivity index (χ0n) is 19.3. The van der Waals surface area contributed by atoms with Gasteiger partial charge in [-0.1, -0.05) is 26.2 Å². The molecule has 2 atom stereocenters. The van der Waals surface area contributed by atoms with E-state index < -0.39 is 18.4 Å². The van der Waals surface area contributed by atoms with Gasteiger partial charge in [-0.2, -0.15) is 5.10 Å². The Morgan fingerprint density at radius 1 is 1.24 bits per heavy atom. The maximum absolute atomic E-state index is 14.8. The second kappa shape index (κ2) is 10.3. The minimum atomic E-state index is -0.793. The minimum absolute atomic E-state index is 0.0263. The third-order valence-corrected chi connectivity index (χ3v) is 6.26. The number of halogens is 2. The van der Waals surface area contributed by atoms with Crippen molar-refractivity contribution in [3.8, 4) is 0 Å². The quantitative estimate of drug-likeness (QED) is 0.374. The van der Waals surface area contributed by atoms with E-state index >= 15 is 0 Å². The van der Waals surface area contributed by atoms with Gasteiger partial charge in [-0.15, -0.1) is 0 Å². The largest absolute Gasteiger partial charge is 0.365 e. The Morgan fingerprint density at radius 3 is 2.74 bits per heavy atom. The molecule has 0 aliphatic heterocycles. The molecule has 6 N–H and O–H groups in total. The zero-order valence-corrected chi connectivity index (χ0v) is 19.3. The molecule has 34 heavy (non-hydrogen) atoms. The molecule has 1 aliphatic carbocycles. The Hall–Kier alpha value is -3.27. The van der Waals surface area contributed by atoms with Crippen molar-refractivity contribution in [1.82, 2.24) is 14.8 Å². The van der Waals surface area contributed by atoms with E-state index in [-0.39, 0.29) is 35.8 Å². The highest BCUT2D eigenvalue weighted by molar-refractivity contribution is 5.99. The van der Waals surface area contributed by atoms with Crippen LogP contribution < -0.4 is 22.1 Å². The molecule has 2 aromatic heterocycles.